The molecule has 0 saturated carbocycles. The Hall–Kier alpha value is -4.08. The molecule has 180 valence electrons. The quantitative estimate of drug-likeness (QED) is 0.322. The molecule has 0 saturated heterocycles. The number of esters is 1. The smallest absolute Gasteiger partial charge is 0.338 e. The normalized spacial score (nSPS) is 15.3. The highest BCUT2D eigenvalue weighted by Gasteiger charge is 2.35. The summed E-state index contributed by atoms with van der Waals surface area (Å²) in [5.41, 5.74) is 2.35. The summed E-state index contributed by atoms with van der Waals surface area (Å²) >= 11 is 0. The molecule has 1 heterocycles. The first-order chi connectivity index (χ1) is 16.3. The lowest BCUT2D eigenvalue weighted by Gasteiger charge is -2.29. The number of allylic oxidation sites excluding steroid dienone is 1. The van der Waals surface area contributed by atoms with Crippen molar-refractivity contribution in [1.82, 2.24) is 10.6 Å². The van der Waals surface area contributed by atoms with Crippen molar-refractivity contribution >= 4 is 17.7 Å². The van der Waals surface area contributed by atoms with Crippen LogP contribution < -0.4 is 20.1 Å². The Bertz CT molecular complexity index is 1140. The highest BCUT2D eigenvalue weighted by Crippen LogP contribution is 2.42. The Morgan fingerprint density at radius 3 is 2.56 bits per heavy atom. The number of ether oxygens (including phenoxy) is 3. The van der Waals surface area contributed by atoms with E-state index < -0.39 is 23.0 Å². The number of carbonyl (C=O) groups is 2. The van der Waals surface area contributed by atoms with Crippen molar-refractivity contribution in [3.8, 4) is 11.5 Å². The minimum absolute atomic E-state index is 0.0443. The van der Waals surface area contributed by atoms with E-state index in [-0.39, 0.29) is 41.5 Å². The second-order valence-electron chi connectivity index (χ2n) is 7.54. The topological polar surface area (TPSA) is 129 Å². The number of hydrogen-bond acceptors (Lipinski definition) is 7. The van der Waals surface area contributed by atoms with Crippen LogP contribution in [-0.4, -0.2) is 30.6 Å². The van der Waals surface area contributed by atoms with Crippen LogP contribution in [0.15, 0.2) is 47.7 Å². The number of nitrogens with one attached hydrogen (secondary N) is 2. The lowest BCUT2D eigenvalue weighted by Crippen LogP contribution is -2.45. The van der Waals surface area contributed by atoms with Crippen molar-refractivity contribution in [2.75, 3.05) is 13.7 Å². The first-order valence-electron chi connectivity index (χ1n) is 10.8. The molecular formula is C24H27N3O7. The number of hydrogen-bond donors (Lipinski definition) is 2. The van der Waals surface area contributed by atoms with E-state index in [0.717, 1.165) is 11.1 Å². The number of nitrogens with zero attached hydrogens (tertiary/aromatic N) is 1. The van der Waals surface area contributed by atoms with Crippen LogP contribution >= 0.6 is 0 Å². The second kappa shape index (κ2) is 10.7. The molecule has 0 spiro atoms. The number of carbonyl (C=O) groups excluding carboxylic acids is 2. The van der Waals surface area contributed by atoms with Crippen molar-refractivity contribution in [2.45, 2.75) is 39.8 Å². The van der Waals surface area contributed by atoms with Gasteiger partial charge < -0.3 is 24.8 Å². The number of amides is 2. The molecule has 0 radical (unpaired) electrons. The van der Waals surface area contributed by atoms with Crippen molar-refractivity contribution < 1.29 is 28.7 Å². The van der Waals surface area contributed by atoms with Crippen LogP contribution in [0, 0.1) is 17.0 Å². The van der Waals surface area contributed by atoms with Gasteiger partial charge in [-0.05, 0) is 43.0 Å². The summed E-state index contributed by atoms with van der Waals surface area (Å²) in [6.07, 6.45) is 0.356. The van der Waals surface area contributed by atoms with Crippen LogP contribution in [0.2, 0.25) is 0 Å². The third-order valence-electron chi connectivity index (χ3n) is 5.44. The highest BCUT2D eigenvalue weighted by atomic mass is 16.6. The standard InChI is InChI=1S/C24H27N3O7/c1-5-17-20(23(28)33-6-2)21(26-24(29)25-17)16-11-18(27(30)31)22(19(12-16)32-4)34-13-15-10-8-7-9-14(15)3/h7-12,21H,5-6,13H2,1-4H3,(H2,25,26,29). The Kier molecular flexibility index (Phi) is 7.72. The zero-order chi connectivity index (χ0) is 24.8. The third-order valence-corrected chi connectivity index (χ3v) is 5.44. The van der Waals surface area contributed by atoms with Crippen LogP contribution in [-0.2, 0) is 16.1 Å². The number of nitro benzene ring substituents is 1. The van der Waals surface area contributed by atoms with Gasteiger partial charge in [-0.15, -0.1) is 0 Å². The first-order valence-corrected chi connectivity index (χ1v) is 10.8. The average Bonchev–Trinajstić information content (AvgIpc) is 2.82. The fraction of sp³-hybridized carbons (Fsp3) is 0.333. The first kappa shape index (κ1) is 24.6. The molecule has 10 heteroatoms. The average molecular weight is 469 g/mol. The maximum Gasteiger partial charge on any atom is 0.338 e. The molecular weight excluding hydrogens is 442 g/mol. The summed E-state index contributed by atoms with van der Waals surface area (Å²) in [7, 11) is 1.37. The zero-order valence-corrected chi connectivity index (χ0v) is 19.5. The summed E-state index contributed by atoms with van der Waals surface area (Å²) in [5, 5.41) is 17.2. The van der Waals surface area contributed by atoms with Crippen LogP contribution in [0.1, 0.15) is 43.0 Å². The van der Waals surface area contributed by atoms with Gasteiger partial charge in [0, 0.05) is 11.8 Å². The van der Waals surface area contributed by atoms with Gasteiger partial charge in [-0.1, -0.05) is 31.2 Å². The van der Waals surface area contributed by atoms with Crippen molar-refractivity contribution in [1.29, 1.82) is 0 Å². The van der Waals surface area contributed by atoms with Gasteiger partial charge in [-0.25, -0.2) is 9.59 Å². The summed E-state index contributed by atoms with van der Waals surface area (Å²) in [6, 6.07) is 8.83. The van der Waals surface area contributed by atoms with Crippen molar-refractivity contribution in [3.05, 3.63) is 74.5 Å². The molecule has 2 amide bonds. The predicted octanol–water partition coefficient (Wildman–Crippen LogP) is 4.07. The Morgan fingerprint density at radius 1 is 1.21 bits per heavy atom. The van der Waals surface area contributed by atoms with Gasteiger partial charge >= 0.3 is 17.7 Å². The van der Waals surface area contributed by atoms with E-state index in [1.807, 2.05) is 31.2 Å². The third kappa shape index (κ3) is 5.11. The molecule has 1 aliphatic heterocycles. The molecule has 2 aromatic carbocycles. The van der Waals surface area contributed by atoms with Crippen LogP contribution in [0.3, 0.4) is 0 Å². The molecule has 1 aliphatic rings. The zero-order valence-electron chi connectivity index (χ0n) is 19.5. The molecule has 10 nitrogen and oxygen atoms in total. The molecule has 0 aliphatic carbocycles. The molecule has 34 heavy (non-hydrogen) atoms. The van der Waals surface area contributed by atoms with Crippen LogP contribution in [0.25, 0.3) is 0 Å². The van der Waals surface area contributed by atoms with E-state index in [2.05, 4.69) is 10.6 Å². The molecule has 0 bridgehead atoms. The van der Waals surface area contributed by atoms with E-state index in [9.17, 15) is 19.7 Å². The Balaban J connectivity index is 2.09. The van der Waals surface area contributed by atoms with Gasteiger partial charge in [0.25, 0.3) is 0 Å². The van der Waals surface area contributed by atoms with Crippen LogP contribution in [0.4, 0.5) is 10.5 Å². The molecule has 0 fully saturated rings. The minimum Gasteiger partial charge on any atom is -0.493 e. The van der Waals surface area contributed by atoms with Gasteiger partial charge in [0.2, 0.25) is 5.75 Å². The Morgan fingerprint density at radius 2 is 1.94 bits per heavy atom. The number of rotatable bonds is 9. The van der Waals surface area contributed by atoms with Gasteiger partial charge in [-0.2, -0.15) is 0 Å². The largest absolute Gasteiger partial charge is 0.493 e. The van der Waals surface area contributed by atoms with Gasteiger partial charge in [-0.3, -0.25) is 10.1 Å². The molecule has 0 aromatic heterocycles. The molecule has 1 atom stereocenters. The van der Waals surface area contributed by atoms with Crippen LogP contribution in [0.5, 0.6) is 11.5 Å². The maximum absolute atomic E-state index is 12.7. The summed E-state index contributed by atoms with van der Waals surface area (Å²) < 4.78 is 16.4. The molecule has 2 N–H and O–H groups in total. The fourth-order valence-electron chi connectivity index (χ4n) is 3.73. The summed E-state index contributed by atoms with van der Waals surface area (Å²) in [5.74, 6) is -0.567. The van der Waals surface area contributed by atoms with Crippen molar-refractivity contribution in [3.63, 3.8) is 0 Å². The van der Waals surface area contributed by atoms with Gasteiger partial charge in [0.15, 0.2) is 5.75 Å². The number of aryl methyl sites for hydroxylation is 1. The summed E-state index contributed by atoms with van der Waals surface area (Å²) in [6.45, 7) is 5.60. The fourth-order valence-corrected chi connectivity index (χ4v) is 3.73. The number of nitro groups is 1. The van der Waals surface area contributed by atoms with Crippen molar-refractivity contribution in [2.24, 2.45) is 0 Å². The lowest BCUT2D eigenvalue weighted by atomic mass is 9.93. The maximum atomic E-state index is 12.7. The second-order valence-corrected chi connectivity index (χ2v) is 7.54. The number of benzene rings is 2. The SMILES string of the molecule is CCOC(=O)C1=C(CC)NC(=O)NC1c1cc(OC)c(OCc2ccccc2C)c([N+](=O)[O-])c1. The predicted molar refractivity (Wildman–Crippen MR) is 124 cm³/mol. The van der Waals surface area contributed by atoms with E-state index >= 15 is 0 Å². The lowest BCUT2D eigenvalue weighted by molar-refractivity contribution is -0.386. The van der Waals surface area contributed by atoms with E-state index in [0.29, 0.717) is 12.1 Å². The van der Waals surface area contributed by atoms with E-state index in [4.69, 9.17) is 14.2 Å². The molecule has 1 unspecified atom stereocenters. The minimum atomic E-state index is -0.972. The highest BCUT2D eigenvalue weighted by molar-refractivity contribution is 5.95. The van der Waals surface area contributed by atoms with E-state index in [1.165, 1.54) is 19.2 Å². The monoisotopic (exact) mass is 469 g/mol. The van der Waals surface area contributed by atoms with Gasteiger partial charge in [0.05, 0.1) is 30.3 Å². The van der Waals surface area contributed by atoms with E-state index in [1.54, 1.807) is 13.8 Å². The molecule has 3 rings (SSSR count). The molecule has 2 aromatic rings. The number of methoxy groups -OCH3 is 1. The number of urea groups is 1. The Labute approximate surface area is 197 Å². The summed E-state index contributed by atoms with van der Waals surface area (Å²) in [4.78, 5) is 36.4. The van der Waals surface area contributed by atoms with Gasteiger partial charge in [0.1, 0.15) is 6.61 Å².